The van der Waals surface area contributed by atoms with Crippen LogP contribution in [0.15, 0.2) is 64.8 Å². The summed E-state index contributed by atoms with van der Waals surface area (Å²) in [5.41, 5.74) is 3.27. The van der Waals surface area contributed by atoms with Crippen LogP contribution in [0.2, 0.25) is 0 Å². The van der Waals surface area contributed by atoms with Gasteiger partial charge in [0.25, 0.3) is 0 Å². The lowest BCUT2D eigenvalue weighted by atomic mass is 9.94. The van der Waals surface area contributed by atoms with E-state index in [-0.39, 0.29) is 30.4 Å². The molecule has 4 N–H and O–H groups in total. The number of H-pyrrole nitrogens is 1. The number of aromatic nitrogens is 1. The van der Waals surface area contributed by atoms with Crippen molar-refractivity contribution in [2.75, 3.05) is 7.05 Å². The Balaban J connectivity index is 1.76. The number of phenolic OH excluding ortho intramolecular Hbond substituents is 1. The number of allylic oxidation sites excluding steroid dienone is 1. The molecule has 0 fully saturated rings. The first-order chi connectivity index (χ1) is 22.3. The van der Waals surface area contributed by atoms with Gasteiger partial charge in [0, 0.05) is 42.4 Å². The second kappa shape index (κ2) is 15.6. The Kier molecular flexibility index (Phi) is 11.9. The molecular weight excluding hydrogens is 664 g/mol. The number of phenols is 1. The molecule has 0 spiro atoms. The monoisotopic (exact) mass is 708 g/mol. The largest absolute Gasteiger partial charge is 0.507 e. The minimum Gasteiger partial charge on any atom is -0.507 e. The fourth-order valence-electron chi connectivity index (χ4n) is 6.20. The Morgan fingerprint density at radius 3 is 2.43 bits per heavy atom. The van der Waals surface area contributed by atoms with Crippen molar-refractivity contribution in [1.82, 2.24) is 20.5 Å². The van der Waals surface area contributed by atoms with Crippen molar-refractivity contribution in [1.29, 1.82) is 0 Å². The summed E-state index contributed by atoms with van der Waals surface area (Å²) in [6, 6.07) is 9.74. The number of esters is 1. The Morgan fingerprint density at radius 1 is 1.00 bits per heavy atom. The molecule has 6 atom stereocenters. The predicted octanol–water partition coefficient (Wildman–Crippen LogP) is 5.70. The Morgan fingerprint density at radius 2 is 1.72 bits per heavy atom. The van der Waals surface area contributed by atoms with E-state index < -0.39 is 47.9 Å². The first kappa shape index (κ1) is 35.7. The molecule has 2 heterocycles. The van der Waals surface area contributed by atoms with Crippen molar-refractivity contribution < 1.29 is 29.0 Å². The first-order valence-corrected chi connectivity index (χ1v) is 16.9. The minimum atomic E-state index is -0.995. The maximum Gasteiger partial charge on any atom is 0.308 e. The number of nitrogens with zero attached hydrogens (tertiary/aromatic N) is 1. The summed E-state index contributed by atoms with van der Waals surface area (Å²) >= 11 is 3.34. The number of hydrogen-bond acceptors (Lipinski definition) is 6. The summed E-state index contributed by atoms with van der Waals surface area (Å²) in [4.78, 5) is 59.3. The molecule has 11 heteroatoms. The van der Waals surface area contributed by atoms with Crippen LogP contribution < -0.4 is 10.6 Å². The fourth-order valence-corrected chi connectivity index (χ4v) is 6.59. The number of aromatic amines is 1. The van der Waals surface area contributed by atoms with E-state index in [0.29, 0.717) is 22.9 Å². The molecule has 10 nitrogen and oxygen atoms in total. The zero-order chi connectivity index (χ0) is 34.4. The van der Waals surface area contributed by atoms with Crippen LogP contribution in [0.1, 0.15) is 71.0 Å². The second-order valence-corrected chi connectivity index (χ2v) is 13.5. The summed E-state index contributed by atoms with van der Waals surface area (Å²) in [5, 5.41) is 16.9. The molecule has 252 valence electrons. The van der Waals surface area contributed by atoms with E-state index >= 15 is 0 Å². The highest BCUT2D eigenvalue weighted by molar-refractivity contribution is 9.10. The van der Waals surface area contributed by atoms with Gasteiger partial charge in [-0.2, -0.15) is 0 Å². The molecule has 1 aliphatic heterocycles. The Bertz CT molecular complexity index is 1650. The van der Waals surface area contributed by atoms with Crippen LogP contribution in [0.5, 0.6) is 5.75 Å². The molecule has 3 aromatic rings. The number of carbonyl (C=O) groups is 4. The summed E-state index contributed by atoms with van der Waals surface area (Å²) in [6.07, 6.45) is 4.47. The van der Waals surface area contributed by atoms with Gasteiger partial charge in [0.1, 0.15) is 23.9 Å². The second-order valence-electron chi connectivity index (χ2n) is 12.6. The average Bonchev–Trinajstić information content (AvgIpc) is 3.44. The third-order valence-electron chi connectivity index (χ3n) is 8.89. The third kappa shape index (κ3) is 8.82. The highest BCUT2D eigenvalue weighted by atomic mass is 79.9. The Labute approximate surface area is 284 Å². The van der Waals surface area contributed by atoms with Crippen LogP contribution >= 0.6 is 15.9 Å². The van der Waals surface area contributed by atoms with Crippen LogP contribution in [-0.2, 0) is 30.3 Å². The summed E-state index contributed by atoms with van der Waals surface area (Å²) in [6.45, 7) is 9.28. The van der Waals surface area contributed by atoms with Gasteiger partial charge in [-0.3, -0.25) is 19.2 Å². The lowest BCUT2D eigenvalue weighted by Gasteiger charge is -2.32. The van der Waals surface area contributed by atoms with E-state index in [4.69, 9.17) is 4.74 Å². The number of rotatable bonds is 4. The molecule has 0 bridgehead atoms. The van der Waals surface area contributed by atoms with Gasteiger partial charge in [0.15, 0.2) is 0 Å². The third-order valence-corrected chi connectivity index (χ3v) is 9.53. The van der Waals surface area contributed by atoms with E-state index in [1.165, 1.54) is 11.0 Å². The molecule has 0 aliphatic carbocycles. The molecule has 47 heavy (non-hydrogen) atoms. The number of halogens is 1. The maximum atomic E-state index is 14.3. The number of amides is 3. The van der Waals surface area contributed by atoms with Crippen molar-refractivity contribution in [3.63, 3.8) is 0 Å². The molecule has 0 saturated carbocycles. The van der Waals surface area contributed by atoms with Crippen LogP contribution in [0, 0.1) is 11.8 Å². The van der Waals surface area contributed by atoms with Gasteiger partial charge in [-0.1, -0.05) is 56.7 Å². The lowest BCUT2D eigenvalue weighted by Crippen LogP contribution is -2.55. The lowest BCUT2D eigenvalue weighted by molar-refractivity contribution is -0.152. The number of para-hydroxylation sites is 1. The molecule has 0 radical (unpaired) electrons. The van der Waals surface area contributed by atoms with Crippen molar-refractivity contribution in [3.05, 3.63) is 75.9 Å². The molecular formula is C36H45BrN4O6. The van der Waals surface area contributed by atoms with Crippen molar-refractivity contribution in [2.45, 2.75) is 84.5 Å². The summed E-state index contributed by atoms with van der Waals surface area (Å²) in [7, 11) is 1.55. The number of hydrogen-bond donors (Lipinski definition) is 4. The van der Waals surface area contributed by atoms with Gasteiger partial charge < -0.3 is 30.4 Å². The van der Waals surface area contributed by atoms with E-state index in [0.717, 1.165) is 22.0 Å². The zero-order valence-electron chi connectivity index (χ0n) is 27.8. The van der Waals surface area contributed by atoms with E-state index in [1.807, 2.05) is 64.2 Å². The molecule has 1 aliphatic rings. The van der Waals surface area contributed by atoms with Gasteiger partial charge in [-0.15, -0.1) is 0 Å². The zero-order valence-corrected chi connectivity index (χ0v) is 29.4. The van der Waals surface area contributed by atoms with Gasteiger partial charge in [0.2, 0.25) is 17.7 Å². The van der Waals surface area contributed by atoms with Gasteiger partial charge in [-0.05, 0) is 71.9 Å². The molecule has 1 unspecified atom stereocenters. The van der Waals surface area contributed by atoms with Crippen LogP contribution in [-0.4, -0.2) is 63.9 Å². The molecule has 1 aromatic heterocycles. The van der Waals surface area contributed by atoms with E-state index in [1.54, 1.807) is 26.1 Å². The minimum absolute atomic E-state index is 0.0118. The van der Waals surface area contributed by atoms with Crippen molar-refractivity contribution in [2.24, 2.45) is 11.8 Å². The van der Waals surface area contributed by atoms with E-state index in [9.17, 15) is 24.3 Å². The average molecular weight is 710 g/mol. The highest BCUT2D eigenvalue weighted by Gasteiger charge is 2.34. The van der Waals surface area contributed by atoms with Gasteiger partial charge in [-0.25, -0.2) is 0 Å². The SMILES string of the molecule is CC[C@H]1OC(=O)CC(c2ccc(O)c(Br)c2)NC(=O)[C@@H](Cc2c[nH]c3ccccc23)N(C)C(=O)[C@H](C)NC(=O)[C@@H](C)CC(C)=C[C@@H]1C. The van der Waals surface area contributed by atoms with Crippen LogP contribution in [0.4, 0.5) is 0 Å². The van der Waals surface area contributed by atoms with Gasteiger partial charge in [0.05, 0.1) is 16.9 Å². The smallest absolute Gasteiger partial charge is 0.308 e. The number of benzene rings is 2. The molecule has 3 amide bonds. The summed E-state index contributed by atoms with van der Waals surface area (Å²) < 4.78 is 6.37. The van der Waals surface area contributed by atoms with Crippen molar-refractivity contribution in [3.8, 4) is 5.75 Å². The van der Waals surface area contributed by atoms with Crippen LogP contribution in [0.25, 0.3) is 10.9 Å². The molecule has 2 aromatic carbocycles. The molecule has 0 saturated heterocycles. The van der Waals surface area contributed by atoms with Crippen LogP contribution in [0.3, 0.4) is 0 Å². The standard InChI is InChI=1S/C36H45BrN4O6/c1-7-32-21(3)14-20(2)15-22(4)34(44)39-23(5)36(46)41(6)30(17-25-19-38-28-11-9-8-10-26(25)28)35(45)40-29(18-33(43)47-32)24-12-13-31(42)27(37)16-24/h8-14,16,19,21-23,29-30,32,38,42H,7,15,17-18H2,1-6H3,(H,39,44)(H,40,45)/t21-,22-,23-,29?,30+,32+/m0/s1. The summed E-state index contributed by atoms with van der Waals surface area (Å²) in [5.74, 6) is -2.20. The number of fused-ring (bicyclic) bond motifs is 1. The number of carbonyl (C=O) groups excluding carboxylic acids is 4. The van der Waals surface area contributed by atoms with Gasteiger partial charge >= 0.3 is 5.97 Å². The Hall–Kier alpha value is -4.12. The van der Waals surface area contributed by atoms with E-state index in [2.05, 4.69) is 31.5 Å². The predicted molar refractivity (Wildman–Crippen MR) is 184 cm³/mol. The number of cyclic esters (lactones) is 1. The normalized spacial score (nSPS) is 25.8. The highest BCUT2D eigenvalue weighted by Crippen LogP contribution is 2.30. The number of ether oxygens (including phenoxy) is 1. The maximum absolute atomic E-state index is 14.3. The fraction of sp³-hybridized carbons (Fsp3) is 0.444. The van der Waals surface area contributed by atoms with Crippen molar-refractivity contribution >= 4 is 50.5 Å². The molecule has 4 rings (SSSR count). The first-order valence-electron chi connectivity index (χ1n) is 16.1. The topological polar surface area (TPSA) is 141 Å². The number of nitrogens with one attached hydrogen (secondary N) is 3. The quantitative estimate of drug-likeness (QED) is 0.202. The number of aromatic hydroxyl groups is 1. The number of likely N-dealkylation sites (N-methyl/N-ethyl adjacent to an activating group) is 1.